The van der Waals surface area contributed by atoms with Gasteiger partial charge in [-0.25, -0.2) is 8.78 Å². The Kier molecular flexibility index (Phi) is 4.67. The minimum atomic E-state index is -0.704. The number of hydrogen-bond acceptors (Lipinski definition) is 1. The van der Waals surface area contributed by atoms with Gasteiger partial charge in [0, 0.05) is 5.33 Å². The zero-order valence-corrected chi connectivity index (χ0v) is 13.8. The summed E-state index contributed by atoms with van der Waals surface area (Å²) < 4.78 is 33.1. The van der Waals surface area contributed by atoms with Gasteiger partial charge in [-0.1, -0.05) is 48.8 Å². The Morgan fingerprint density at radius 1 is 1.00 bits per heavy atom. The zero-order chi connectivity index (χ0) is 15.6. The van der Waals surface area contributed by atoms with E-state index in [1.54, 1.807) is 12.1 Å². The van der Waals surface area contributed by atoms with Crippen molar-refractivity contribution in [2.24, 2.45) is 0 Å². The van der Waals surface area contributed by atoms with Crippen molar-refractivity contribution in [1.29, 1.82) is 0 Å². The molecule has 0 atom stereocenters. The van der Waals surface area contributed by atoms with Gasteiger partial charge in [0.2, 0.25) is 0 Å². The van der Waals surface area contributed by atoms with E-state index in [4.69, 9.17) is 4.74 Å². The van der Waals surface area contributed by atoms with Gasteiger partial charge in [-0.15, -0.1) is 0 Å². The van der Waals surface area contributed by atoms with Gasteiger partial charge in [-0.2, -0.15) is 0 Å². The number of ether oxygens (including phenoxy) is 1. The second-order valence-electron chi connectivity index (χ2n) is 5.90. The van der Waals surface area contributed by atoms with E-state index >= 15 is 0 Å². The number of rotatable bonds is 3. The van der Waals surface area contributed by atoms with Crippen LogP contribution >= 0.6 is 15.9 Å². The molecule has 21 heavy (non-hydrogen) atoms. The van der Waals surface area contributed by atoms with Crippen molar-refractivity contribution < 1.29 is 13.5 Å². The van der Waals surface area contributed by atoms with E-state index in [1.807, 2.05) is 12.1 Å². The van der Waals surface area contributed by atoms with Gasteiger partial charge >= 0.3 is 0 Å². The van der Waals surface area contributed by atoms with Crippen LogP contribution in [0.3, 0.4) is 0 Å². The molecule has 0 saturated heterocycles. The maximum Gasteiger partial charge on any atom is 0.198 e. The van der Waals surface area contributed by atoms with Gasteiger partial charge in [0.15, 0.2) is 17.4 Å². The molecule has 0 aromatic heterocycles. The van der Waals surface area contributed by atoms with Crippen LogP contribution in [-0.4, -0.2) is 0 Å². The molecule has 0 radical (unpaired) electrons. The van der Waals surface area contributed by atoms with Crippen molar-refractivity contribution in [2.45, 2.75) is 31.5 Å². The molecule has 2 aromatic rings. The molecule has 0 fully saturated rings. The highest BCUT2D eigenvalue weighted by molar-refractivity contribution is 9.08. The lowest BCUT2D eigenvalue weighted by Gasteiger charge is -2.19. The van der Waals surface area contributed by atoms with Gasteiger partial charge in [0.1, 0.15) is 5.75 Å². The van der Waals surface area contributed by atoms with Crippen molar-refractivity contribution in [3.63, 3.8) is 0 Å². The summed E-state index contributed by atoms with van der Waals surface area (Å²) in [7, 11) is 0. The van der Waals surface area contributed by atoms with Crippen LogP contribution in [0.5, 0.6) is 11.5 Å². The molecule has 0 amide bonds. The summed E-state index contributed by atoms with van der Waals surface area (Å²) in [6, 6.07) is 9.76. The molecule has 0 bridgehead atoms. The first-order valence-electron chi connectivity index (χ1n) is 6.63. The fraction of sp³-hybridized carbons (Fsp3) is 0.294. The molecule has 0 spiro atoms. The van der Waals surface area contributed by atoms with Gasteiger partial charge in [-0.05, 0) is 40.8 Å². The molecule has 2 rings (SSSR count). The average Bonchev–Trinajstić information content (AvgIpc) is 2.42. The van der Waals surface area contributed by atoms with E-state index in [-0.39, 0.29) is 11.2 Å². The largest absolute Gasteiger partial charge is 0.451 e. The quantitative estimate of drug-likeness (QED) is 0.618. The number of benzene rings is 2. The molecule has 0 heterocycles. The minimum Gasteiger partial charge on any atom is -0.451 e. The Morgan fingerprint density at radius 3 is 1.95 bits per heavy atom. The van der Waals surface area contributed by atoms with Crippen molar-refractivity contribution in [3.8, 4) is 11.5 Å². The normalized spacial score (nSPS) is 11.5. The standard InChI is InChI=1S/C17H17BrF2O/c1-17(2,3)12-4-6-13(7-5-12)21-16-14(19)8-11(10-18)9-15(16)20/h4-9H,10H2,1-3H3. The van der Waals surface area contributed by atoms with Crippen LogP contribution in [-0.2, 0) is 10.7 Å². The Bertz CT molecular complexity index is 607. The summed E-state index contributed by atoms with van der Waals surface area (Å²) in [4.78, 5) is 0. The molecule has 0 aliphatic carbocycles. The molecule has 0 aliphatic rings. The number of halogens is 3. The fourth-order valence-corrected chi connectivity index (χ4v) is 2.25. The Morgan fingerprint density at radius 2 is 1.52 bits per heavy atom. The average molecular weight is 355 g/mol. The maximum absolute atomic E-state index is 13.9. The van der Waals surface area contributed by atoms with Crippen LogP contribution in [0.1, 0.15) is 31.9 Å². The summed E-state index contributed by atoms with van der Waals surface area (Å²) in [5.41, 5.74) is 1.68. The lowest BCUT2D eigenvalue weighted by molar-refractivity contribution is 0.406. The lowest BCUT2D eigenvalue weighted by atomic mass is 9.87. The summed E-state index contributed by atoms with van der Waals surface area (Å²) in [5, 5.41) is 0.390. The first-order valence-corrected chi connectivity index (χ1v) is 7.75. The molecular formula is C17H17BrF2O. The highest BCUT2D eigenvalue weighted by Gasteiger charge is 2.15. The van der Waals surface area contributed by atoms with E-state index < -0.39 is 11.6 Å². The van der Waals surface area contributed by atoms with Crippen molar-refractivity contribution in [1.82, 2.24) is 0 Å². The lowest BCUT2D eigenvalue weighted by Crippen LogP contribution is -2.10. The maximum atomic E-state index is 13.9. The monoisotopic (exact) mass is 354 g/mol. The molecule has 1 nitrogen and oxygen atoms in total. The summed E-state index contributed by atoms with van der Waals surface area (Å²) in [6.45, 7) is 6.30. The van der Waals surface area contributed by atoms with E-state index in [9.17, 15) is 8.78 Å². The third-order valence-electron chi connectivity index (χ3n) is 3.15. The van der Waals surface area contributed by atoms with Crippen LogP contribution in [0.25, 0.3) is 0 Å². The Labute approximate surface area is 132 Å². The predicted octanol–water partition coefficient (Wildman–Crippen LogP) is 5.95. The molecule has 2 aromatic carbocycles. The summed E-state index contributed by atoms with van der Waals surface area (Å²) in [6.07, 6.45) is 0. The van der Waals surface area contributed by atoms with E-state index in [1.165, 1.54) is 12.1 Å². The second-order valence-corrected chi connectivity index (χ2v) is 6.46. The third kappa shape index (κ3) is 3.82. The highest BCUT2D eigenvalue weighted by Crippen LogP contribution is 2.31. The first-order chi connectivity index (χ1) is 9.81. The van der Waals surface area contributed by atoms with Gasteiger partial charge in [0.05, 0.1) is 0 Å². The van der Waals surface area contributed by atoms with Crippen LogP contribution in [0.4, 0.5) is 8.78 Å². The van der Waals surface area contributed by atoms with Gasteiger partial charge < -0.3 is 4.74 Å². The molecule has 0 unspecified atom stereocenters. The van der Waals surface area contributed by atoms with Crippen LogP contribution in [0, 0.1) is 11.6 Å². The van der Waals surface area contributed by atoms with E-state index in [0.29, 0.717) is 16.6 Å². The van der Waals surface area contributed by atoms with E-state index in [0.717, 1.165) is 5.56 Å². The summed E-state index contributed by atoms with van der Waals surface area (Å²) in [5.74, 6) is -1.37. The predicted molar refractivity (Wildman–Crippen MR) is 84.2 cm³/mol. The number of alkyl halides is 1. The molecule has 0 aliphatic heterocycles. The molecular weight excluding hydrogens is 338 g/mol. The highest BCUT2D eigenvalue weighted by atomic mass is 79.9. The van der Waals surface area contributed by atoms with Gasteiger partial charge in [0.25, 0.3) is 0 Å². The van der Waals surface area contributed by atoms with Gasteiger partial charge in [-0.3, -0.25) is 0 Å². The minimum absolute atomic E-state index is 0.0204. The molecule has 0 saturated carbocycles. The fourth-order valence-electron chi connectivity index (χ4n) is 1.93. The molecule has 0 N–H and O–H groups in total. The SMILES string of the molecule is CC(C)(C)c1ccc(Oc2c(F)cc(CBr)cc2F)cc1. The van der Waals surface area contributed by atoms with Crippen molar-refractivity contribution in [3.05, 3.63) is 59.2 Å². The molecule has 4 heteroatoms. The molecule has 112 valence electrons. The third-order valence-corrected chi connectivity index (χ3v) is 3.80. The zero-order valence-electron chi connectivity index (χ0n) is 12.2. The topological polar surface area (TPSA) is 9.23 Å². The first kappa shape index (κ1) is 16.0. The Balaban J connectivity index is 2.26. The van der Waals surface area contributed by atoms with Crippen LogP contribution in [0.2, 0.25) is 0 Å². The van der Waals surface area contributed by atoms with Crippen molar-refractivity contribution in [2.75, 3.05) is 0 Å². The van der Waals surface area contributed by atoms with Crippen LogP contribution in [0.15, 0.2) is 36.4 Å². The summed E-state index contributed by atoms with van der Waals surface area (Å²) >= 11 is 3.17. The van der Waals surface area contributed by atoms with Crippen molar-refractivity contribution >= 4 is 15.9 Å². The van der Waals surface area contributed by atoms with E-state index in [2.05, 4.69) is 36.7 Å². The second kappa shape index (κ2) is 6.14. The Hall–Kier alpha value is -1.42. The van der Waals surface area contributed by atoms with Crippen LogP contribution < -0.4 is 4.74 Å². The smallest absolute Gasteiger partial charge is 0.198 e. The number of hydrogen-bond donors (Lipinski definition) is 0.